The molecule has 772 valence electrons. The lowest BCUT2D eigenvalue weighted by molar-refractivity contribution is -0.126. The number of carbonyl (C=O) groups excluding carboxylic acids is 4. The molecule has 8 aliphatic rings. The molecule has 1 saturated carbocycles. The molecule has 9 heterocycles. The van der Waals surface area contributed by atoms with Gasteiger partial charge in [-0.3, -0.25) is 24.6 Å². The second-order valence-corrected chi connectivity index (χ2v) is 51.4. The number of para-hydroxylation sites is 4. The third-order valence-corrected chi connectivity index (χ3v) is 27.6. The maximum atomic E-state index is 13.6. The number of allylic oxidation sites excluding steroid dienone is 2. The number of hydrazone groups is 1. The molecular formula is C126H162N14O6. The molecule has 0 saturated heterocycles. The fourth-order valence-electron chi connectivity index (χ4n) is 20.8. The Kier molecular flexibility index (Phi) is 31.3. The summed E-state index contributed by atoms with van der Waals surface area (Å²) in [6, 6.07) is 74.8. The lowest BCUT2D eigenvalue weighted by Crippen LogP contribution is -2.41. The van der Waals surface area contributed by atoms with Crippen molar-refractivity contribution in [2.24, 2.45) is 48.9 Å². The SMILES string of the molecule is CC(C)(C)C.CC(C)(C)C(=O)N1Cc2ccccc2-c2c(nnn2C(C)(C)C)-c2ccccc21.CC(C)(C)C(=O)N1Cc2ccccc2-c2nnn(C(C)(C)C)c2-c2ccccc21.CC1=C2CCCCCCC2C(c2ccc(C(C)(C)C)cc2)=NN1.CN1OC2=C(c3ccccc3CN(C(=O)C(C)(C)C)c3ccccc32)C1C(C)(C)C.CN1OC2=C(c3ccccc3N(C(=O)C(C)(C)C)Cc3ccccc32)C1C(C)(C)C. The monoisotopic (exact) mass is 1970 g/mol. The van der Waals surface area contributed by atoms with Gasteiger partial charge in [0.15, 0.2) is 11.5 Å². The van der Waals surface area contributed by atoms with Crippen molar-refractivity contribution in [2.45, 2.75) is 315 Å². The highest BCUT2D eigenvalue weighted by Gasteiger charge is 2.49. The van der Waals surface area contributed by atoms with Crippen molar-refractivity contribution in [2.75, 3.05) is 33.7 Å². The molecule has 3 unspecified atom stereocenters. The molecule has 1 aliphatic carbocycles. The summed E-state index contributed by atoms with van der Waals surface area (Å²) in [6.45, 7) is 69.7. The summed E-state index contributed by atoms with van der Waals surface area (Å²) in [5.41, 5.74) is 30.6. The molecule has 3 atom stereocenters. The highest BCUT2D eigenvalue weighted by atomic mass is 16.7. The van der Waals surface area contributed by atoms with E-state index in [0.717, 1.165) is 129 Å². The molecule has 11 aromatic rings. The standard InChI is InChI=1S/2C26H32N2O2.2C24H28N4O.C21H30N2.C5H12/c1-25(2,3)23-21-19-14-10-11-15-20(19)28(24(29)26(4,5)6)16-17-12-8-9-13-18(17)22(21)30-27(23)7;1-25(2,3)23-21-18-13-9-8-12-17(18)16-28(24(29)26(4,5)6)20-15-11-10-14-19(20)22(21)30-27(23)7;1-23(2,3)22(29)27-15-16-11-7-8-12-17(16)21-20(18-13-9-10-14-19(18)27)25-26-28(21)24(4,5)6;1-23(2,3)22(29)27-15-16-11-7-8-12-17(16)20-21(18-13-9-10-14-19(18)27)28(26-25-20)24(4,5)6;1-15-18-9-7-5-6-8-10-19(18)20(23-22-15)16-11-13-17(14-12-16)21(2,3)4;1-5(2,3)4/h2*8-15,23H,16H2,1-7H3;2*7-14H,15H2,1-6H3;11-14,19,22H,5-10H2,1-4H3;1-4H3. The number of benzene rings is 9. The minimum Gasteiger partial charge on any atom is -0.405 e. The fourth-order valence-corrected chi connectivity index (χ4v) is 20.8. The molecule has 9 aromatic carbocycles. The van der Waals surface area contributed by atoms with E-state index in [9.17, 15) is 19.2 Å². The van der Waals surface area contributed by atoms with Crippen molar-refractivity contribution in [1.29, 1.82) is 0 Å². The number of fused-ring (bicyclic) bond motifs is 19. The number of anilines is 4. The molecule has 146 heavy (non-hydrogen) atoms. The molecule has 1 fully saturated rings. The molecule has 20 heteroatoms. The van der Waals surface area contributed by atoms with Crippen LogP contribution in [0.15, 0.2) is 235 Å². The van der Waals surface area contributed by atoms with Crippen LogP contribution in [0.5, 0.6) is 0 Å². The van der Waals surface area contributed by atoms with Gasteiger partial charge in [0.05, 0.1) is 89.2 Å². The van der Waals surface area contributed by atoms with Crippen LogP contribution in [0.3, 0.4) is 0 Å². The number of hydroxylamine groups is 4. The Bertz CT molecular complexity index is 6780. The second-order valence-electron chi connectivity index (χ2n) is 51.4. The lowest BCUT2D eigenvalue weighted by atomic mass is 9.77. The van der Waals surface area contributed by atoms with Crippen molar-refractivity contribution in [3.8, 4) is 45.0 Å². The van der Waals surface area contributed by atoms with Gasteiger partial charge in [-0.15, -0.1) is 20.3 Å². The van der Waals surface area contributed by atoms with Crippen LogP contribution in [0.25, 0.3) is 67.7 Å². The zero-order valence-electron chi connectivity index (χ0n) is 93.9. The number of hydrogen-bond acceptors (Lipinski definition) is 14. The number of carbonyl (C=O) groups is 4. The first-order valence-electron chi connectivity index (χ1n) is 52.5. The first-order valence-corrected chi connectivity index (χ1v) is 52.5. The minimum atomic E-state index is -0.493. The molecule has 1 N–H and O–H groups in total. The Balaban J connectivity index is 0.000000143. The van der Waals surface area contributed by atoms with Gasteiger partial charge >= 0.3 is 0 Å². The summed E-state index contributed by atoms with van der Waals surface area (Å²) in [4.78, 5) is 74.4. The molecule has 7 aliphatic heterocycles. The molecule has 20 nitrogen and oxygen atoms in total. The smallest absolute Gasteiger partial charge is 0.232 e. The molecule has 19 rings (SSSR count). The summed E-state index contributed by atoms with van der Waals surface area (Å²) in [5.74, 6) is 2.68. The minimum absolute atomic E-state index is 0.0198. The molecule has 0 bridgehead atoms. The van der Waals surface area contributed by atoms with Crippen LogP contribution in [0, 0.1) is 43.8 Å². The topological polar surface area (TPSA) is 192 Å². The normalized spacial score (nSPS) is 17.4. The number of rotatable bonds is 1. The van der Waals surface area contributed by atoms with E-state index in [2.05, 4.69) is 280 Å². The Morgan fingerprint density at radius 1 is 0.342 bits per heavy atom. The molecule has 0 spiro atoms. The third kappa shape index (κ3) is 23.6. The quantitative estimate of drug-likeness (QED) is 0.163. The van der Waals surface area contributed by atoms with Gasteiger partial charge in [0.25, 0.3) is 0 Å². The van der Waals surface area contributed by atoms with Gasteiger partial charge in [-0.2, -0.15) is 5.10 Å². The van der Waals surface area contributed by atoms with E-state index in [0.29, 0.717) is 37.5 Å². The van der Waals surface area contributed by atoms with Crippen molar-refractivity contribution < 1.29 is 28.9 Å². The summed E-state index contributed by atoms with van der Waals surface area (Å²) in [6.07, 6.45) is 7.85. The van der Waals surface area contributed by atoms with E-state index < -0.39 is 21.7 Å². The maximum absolute atomic E-state index is 13.6. The highest BCUT2D eigenvalue weighted by molar-refractivity contribution is 6.08. The van der Waals surface area contributed by atoms with Crippen molar-refractivity contribution in [3.05, 3.63) is 285 Å². The number of nitrogens with one attached hydrogen (secondary N) is 1. The van der Waals surface area contributed by atoms with Crippen LogP contribution in [0.4, 0.5) is 22.7 Å². The molecule has 0 radical (unpaired) electrons. The van der Waals surface area contributed by atoms with Gasteiger partial charge in [-0.05, 0) is 164 Å². The predicted octanol–water partition coefficient (Wildman–Crippen LogP) is 29.6. The van der Waals surface area contributed by atoms with E-state index in [-0.39, 0.29) is 63.0 Å². The predicted molar refractivity (Wildman–Crippen MR) is 602 cm³/mol. The Morgan fingerprint density at radius 2 is 0.658 bits per heavy atom. The Labute approximate surface area is 871 Å². The zero-order valence-corrected chi connectivity index (χ0v) is 93.9. The summed E-state index contributed by atoms with van der Waals surface area (Å²) in [7, 11) is 4.01. The summed E-state index contributed by atoms with van der Waals surface area (Å²) >= 11 is 0. The van der Waals surface area contributed by atoms with Crippen LogP contribution >= 0.6 is 0 Å². The number of amides is 4. The first kappa shape index (κ1) is 109. The van der Waals surface area contributed by atoms with E-state index in [1.807, 2.05) is 239 Å². The third-order valence-electron chi connectivity index (χ3n) is 27.6. The van der Waals surface area contributed by atoms with E-state index in [1.54, 1.807) is 5.57 Å². The van der Waals surface area contributed by atoms with Gasteiger partial charge in [0, 0.05) is 97.5 Å². The average molecular weight is 1970 g/mol. The van der Waals surface area contributed by atoms with Gasteiger partial charge in [-0.25, -0.2) is 9.36 Å². The lowest BCUT2D eigenvalue weighted by Gasteiger charge is -2.36. The van der Waals surface area contributed by atoms with Crippen molar-refractivity contribution in [1.82, 2.24) is 45.5 Å². The zero-order chi connectivity index (χ0) is 107. The maximum Gasteiger partial charge on any atom is 0.232 e. The van der Waals surface area contributed by atoms with Crippen LogP contribution in [0.1, 0.15) is 316 Å². The second kappa shape index (κ2) is 41.9. The van der Waals surface area contributed by atoms with E-state index in [1.165, 1.54) is 66.6 Å². The van der Waals surface area contributed by atoms with Gasteiger partial charge in [-0.1, -0.05) is 391 Å². The van der Waals surface area contributed by atoms with E-state index >= 15 is 0 Å². The van der Waals surface area contributed by atoms with Crippen molar-refractivity contribution >= 4 is 74.8 Å². The van der Waals surface area contributed by atoms with Gasteiger partial charge in [0.2, 0.25) is 23.6 Å². The number of hydrogen-bond donors (Lipinski definition) is 1. The molecular weight excluding hydrogens is 1810 g/mol. The Morgan fingerprint density at radius 3 is 1.08 bits per heavy atom. The van der Waals surface area contributed by atoms with Crippen LogP contribution < -0.4 is 25.0 Å². The van der Waals surface area contributed by atoms with Crippen molar-refractivity contribution in [3.63, 3.8) is 0 Å². The molecule has 2 aromatic heterocycles. The van der Waals surface area contributed by atoms with E-state index in [4.69, 9.17) is 14.8 Å². The van der Waals surface area contributed by atoms with Gasteiger partial charge in [0.1, 0.15) is 11.4 Å². The summed E-state index contributed by atoms with van der Waals surface area (Å²) < 4.78 is 3.97. The highest BCUT2D eigenvalue weighted by Crippen LogP contribution is 2.54. The van der Waals surface area contributed by atoms with Crippen LogP contribution in [-0.2, 0) is 71.5 Å². The first-order chi connectivity index (χ1) is 68.1. The van der Waals surface area contributed by atoms with Crippen LogP contribution in [0.2, 0.25) is 0 Å². The summed E-state index contributed by atoms with van der Waals surface area (Å²) in [5, 5.41) is 26.9. The average Bonchev–Trinajstić information content (AvgIpc) is 1.58. The number of nitrogens with zero attached hydrogens (tertiary/aromatic N) is 13. The number of likely N-dealkylation sites (N-methyl/N-ethyl adjacent to an activating group) is 2. The van der Waals surface area contributed by atoms with Crippen LogP contribution in [-0.4, -0.2) is 95.6 Å². The van der Waals surface area contributed by atoms with Gasteiger partial charge < -0.3 is 29.3 Å². The Hall–Kier alpha value is -12.7. The molecule has 4 amide bonds. The fraction of sp³-hybridized carbons (Fsp3) is 0.452. The largest absolute Gasteiger partial charge is 0.405 e. The number of aromatic nitrogens is 6.